The average Bonchev–Trinajstić information content (AvgIpc) is 2.33. The maximum absolute atomic E-state index is 13.8. The van der Waals surface area contributed by atoms with Gasteiger partial charge in [-0.3, -0.25) is 0 Å². The van der Waals surface area contributed by atoms with Crippen molar-refractivity contribution < 1.29 is 4.39 Å². The van der Waals surface area contributed by atoms with E-state index in [4.69, 9.17) is 17.3 Å². The Hall–Kier alpha value is -0.310. The molecule has 0 amide bonds. The molecule has 0 bridgehead atoms. The second kappa shape index (κ2) is 6.58. The van der Waals surface area contributed by atoms with Crippen LogP contribution in [0, 0.1) is 11.7 Å². The molecule has 0 spiro atoms. The van der Waals surface area contributed by atoms with Gasteiger partial charge in [0.25, 0.3) is 0 Å². The number of benzene rings is 1. The van der Waals surface area contributed by atoms with E-state index in [9.17, 15) is 4.39 Å². The number of hydrogen-bond donors (Lipinski definition) is 1. The molecular formula is C13H18Cl2FN. The van der Waals surface area contributed by atoms with Crippen LogP contribution in [-0.4, -0.2) is 0 Å². The molecule has 4 heteroatoms. The van der Waals surface area contributed by atoms with Gasteiger partial charge in [0, 0.05) is 11.6 Å². The average molecular weight is 278 g/mol. The smallest absolute Gasteiger partial charge is 0.146 e. The molecule has 1 atom stereocenters. The highest BCUT2D eigenvalue weighted by Gasteiger charge is 2.24. The molecule has 0 radical (unpaired) electrons. The van der Waals surface area contributed by atoms with Crippen LogP contribution in [0.25, 0.3) is 0 Å². The molecule has 2 rings (SSSR count). The topological polar surface area (TPSA) is 26.0 Å². The van der Waals surface area contributed by atoms with Crippen LogP contribution in [0.3, 0.4) is 0 Å². The third kappa shape index (κ3) is 3.34. The van der Waals surface area contributed by atoms with Crippen LogP contribution in [0.15, 0.2) is 18.2 Å². The highest BCUT2D eigenvalue weighted by atomic mass is 35.5. The van der Waals surface area contributed by atoms with Crippen LogP contribution < -0.4 is 5.73 Å². The molecule has 0 unspecified atom stereocenters. The van der Waals surface area contributed by atoms with E-state index in [0.717, 1.165) is 12.8 Å². The van der Waals surface area contributed by atoms with Gasteiger partial charge in [-0.15, -0.1) is 12.4 Å². The fourth-order valence-corrected chi connectivity index (χ4v) is 2.71. The van der Waals surface area contributed by atoms with E-state index in [-0.39, 0.29) is 29.3 Å². The van der Waals surface area contributed by atoms with Crippen LogP contribution in [0.2, 0.25) is 5.02 Å². The zero-order valence-corrected chi connectivity index (χ0v) is 11.2. The molecule has 1 fully saturated rings. The Labute approximate surface area is 113 Å². The SMILES string of the molecule is Cl.N[C@H](c1cccc(Cl)c1F)C1CCCCC1. The van der Waals surface area contributed by atoms with Crippen LogP contribution in [0.4, 0.5) is 4.39 Å². The Morgan fingerprint density at radius 1 is 1.24 bits per heavy atom. The normalized spacial score (nSPS) is 18.5. The lowest BCUT2D eigenvalue weighted by molar-refractivity contribution is 0.303. The minimum atomic E-state index is -0.345. The highest BCUT2D eigenvalue weighted by Crippen LogP contribution is 2.34. The molecule has 0 aromatic heterocycles. The molecule has 0 heterocycles. The lowest BCUT2D eigenvalue weighted by Crippen LogP contribution is -2.24. The van der Waals surface area contributed by atoms with Gasteiger partial charge in [0.05, 0.1) is 5.02 Å². The zero-order chi connectivity index (χ0) is 11.5. The predicted molar refractivity (Wildman–Crippen MR) is 72.2 cm³/mol. The van der Waals surface area contributed by atoms with E-state index in [2.05, 4.69) is 0 Å². The largest absolute Gasteiger partial charge is 0.324 e. The minimum absolute atomic E-state index is 0. The van der Waals surface area contributed by atoms with Crippen LogP contribution in [0.5, 0.6) is 0 Å². The molecule has 0 saturated heterocycles. The Balaban J connectivity index is 0.00000144. The number of rotatable bonds is 2. The number of hydrogen-bond acceptors (Lipinski definition) is 1. The highest BCUT2D eigenvalue weighted by molar-refractivity contribution is 6.30. The van der Waals surface area contributed by atoms with Gasteiger partial charge in [-0.25, -0.2) is 4.39 Å². The Morgan fingerprint density at radius 3 is 2.53 bits per heavy atom. The van der Waals surface area contributed by atoms with Gasteiger partial charge in [-0.1, -0.05) is 43.0 Å². The molecule has 1 aliphatic carbocycles. The third-order valence-electron chi connectivity index (χ3n) is 3.50. The van der Waals surface area contributed by atoms with E-state index in [1.54, 1.807) is 18.2 Å². The van der Waals surface area contributed by atoms with Crippen molar-refractivity contribution >= 4 is 24.0 Å². The molecule has 1 nitrogen and oxygen atoms in total. The molecule has 1 aromatic carbocycles. The van der Waals surface area contributed by atoms with Crippen molar-refractivity contribution in [2.45, 2.75) is 38.1 Å². The first-order valence-corrected chi connectivity index (χ1v) is 6.27. The van der Waals surface area contributed by atoms with Crippen LogP contribution in [-0.2, 0) is 0 Å². The summed E-state index contributed by atoms with van der Waals surface area (Å²) in [6.07, 6.45) is 5.91. The Bertz CT molecular complexity index is 364. The second-order valence-electron chi connectivity index (χ2n) is 4.57. The van der Waals surface area contributed by atoms with Crippen molar-refractivity contribution in [3.63, 3.8) is 0 Å². The van der Waals surface area contributed by atoms with Gasteiger partial charge >= 0.3 is 0 Å². The summed E-state index contributed by atoms with van der Waals surface area (Å²) in [6.45, 7) is 0. The predicted octanol–water partition coefficient (Wildman–Crippen LogP) is 4.48. The van der Waals surface area contributed by atoms with Gasteiger partial charge in [0.15, 0.2) is 0 Å². The van der Waals surface area contributed by atoms with Crippen molar-refractivity contribution in [2.24, 2.45) is 11.7 Å². The fourth-order valence-electron chi connectivity index (χ4n) is 2.53. The van der Waals surface area contributed by atoms with Crippen molar-refractivity contribution in [1.82, 2.24) is 0 Å². The minimum Gasteiger partial charge on any atom is -0.324 e. The maximum atomic E-state index is 13.8. The van der Waals surface area contributed by atoms with Gasteiger partial charge < -0.3 is 5.73 Å². The van der Waals surface area contributed by atoms with Crippen molar-refractivity contribution in [3.8, 4) is 0 Å². The third-order valence-corrected chi connectivity index (χ3v) is 3.79. The van der Waals surface area contributed by atoms with Crippen molar-refractivity contribution in [1.29, 1.82) is 0 Å². The standard InChI is InChI=1S/C13H17ClFN.ClH/c14-11-8-4-7-10(12(11)15)13(16)9-5-2-1-3-6-9;/h4,7-9,13H,1-3,5-6,16H2;1H/t13-;/m0./s1. The summed E-state index contributed by atoms with van der Waals surface area (Å²) in [7, 11) is 0. The van der Waals surface area contributed by atoms with Crippen molar-refractivity contribution in [3.05, 3.63) is 34.6 Å². The maximum Gasteiger partial charge on any atom is 0.146 e. The van der Waals surface area contributed by atoms with Gasteiger partial charge in [0.1, 0.15) is 5.82 Å². The van der Waals surface area contributed by atoms with Crippen LogP contribution in [0.1, 0.15) is 43.7 Å². The Morgan fingerprint density at radius 2 is 1.88 bits per heavy atom. The molecule has 1 saturated carbocycles. The molecule has 2 N–H and O–H groups in total. The van der Waals surface area contributed by atoms with Gasteiger partial charge in [-0.2, -0.15) is 0 Å². The lowest BCUT2D eigenvalue weighted by Gasteiger charge is -2.28. The Kier molecular flexibility index (Phi) is 5.71. The number of halogens is 3. The zero-order valence-electron chi connectivity index (χ0n) is 9.66. The fraction of sp³-hybridized carbons (Fsp3) is 0.538. The van der Waals surface area contributed by atoms with E-state index in [0.29, 0.717) is 11.5 Å². The lowest BCUT2D eigenvalue weighted by atomic mass is 9.81. The quantitative estimate of drug-likeness (QED) is 0.848. The van der Waals surface area contributed by atoms with Crippen LogP contribution >= 0.6 is 24.0 Å². The molecular weight excluding hydrogens is 260 g/mol. The van der Waals surface area contributed by atoms with E-state index >= 15 is 0 Å². The summed E-state index contributed by atoms with van der Waals surface area (Å²) in [5, 5.41) is 0.170. The first kappa shape index (κ1) is 14.7. The molecule has 1 aromatic rings. The molecule has 0 aliphatic heterocycles. The summed E-state index contributed by atoms with van der Waals surface area (Å²) >= 11 is 5.77. The molecule has 96 valence electrons. The van der Waals surface area contributed by atoms with Crippen molar-refractivity contribution in [2.75, 3.05) is 0 Å². The summed E-state index contributed by atoms with van der Waals surface area (Å²) in [6, 6.07) is 4.87. The van der Waals surface area contributed by atoms with E-state index in [1.165, 1.54) is 19.3 Å². The summed E-state index contributed by atoms with van der Waals surface area (Å²) < 4.78 is 13.8. The summed E-state index contributed by atoms with van der Waals surface area (Å²) in [5.74, 6) is 0.0592. The van der Waals surface area contributed by atoms with Gasteiger partial charge in [0.2, 0.25) is 0 Å². The van der Waals surface area contributed by atoms with E-state index < -0.39 is 0 Å². The molecule has 1 aliphatic rings. The first-order valence-electron chi connectivity index (χ1n) is 5.89. The molecule has 17 heavy (non-hydrogen) atoms. The summed E-state index contributed by atoms with van der Waals surface area (Å²) in [5.41, 5.74) is 6.71. The first-order chi connectivity index (χ1) is 7.70. The number of nitrogens with two attached hydrogens (primary N) is 1. The summed E-state index contributed by atoms with van der Waals surface area (Å²) in [4.78, 5) is 0. The monoisotopic (exact) mass is 277 g/mol. The second-order valence-corrected chi connectivity index (χ2v) is 4.97. The van der Waals surface area contributed by atoms with Gasteiger partial charge in [-0.05, 0) is 24.8 Å². The van der Waals surface area contributed by atoms with E-state index in [1.807, 2.05) is 0 Å².